The fraction of sp³-hybridized carbons (Fsp3) is 0.304. The highest BCUT2D eigenvalue weighted by molar-refractivity contribution is 5.66. The van der Waals surface area contributed by atoms with Gasteiger partial charge in [-0.15, -0.1) is 0 Å². The van der Waals surface area contributed by atoms with Crippen molar-refractivity contribution in [1.29, 1.82) is 5.26 Å². The molecule has 1 aliphatic rings. The number of rotatable bonds is 4. The van der Waals surface area contributed by atoms with Crippen molar-refractivity contribution in [2.45, 2.75) is 39.3 Å². The minimum absolute atomic E-state index is 0.0382. The zero-order chi connectivity index (χ0) is 22.0. The summed E-state index contributed by atoms with van der Waals surface area (Å²) in [5.74, 6) is 1.27. The van der Waals surface area contributed by atoms with Crippen molar-refractivity contribution in [2.75, 3.05) is 6.54 Å². The number of ether oxygens (including phenoxy) is 1. The van der Waals surface area contributed by atoms with Crippen LogP contribution in [0.1, 0.15) is 37.0 Å². The van der Waals surface area contributed by atoms with Gasteiger partial charge in [0, 0.05) is 24.2 Å². The molecule has 158 valence electrons. The molecule has 0 spiro atoms. The molecule has 31 heavy (non-hydrogen) atoms. The summed E-state index contributed by atoms with van der Waals surface area (Å²) in [6.07, 6.45) is 0.618. The minimum atomic E-state index is -0.902. The first-order valence-electron chi connectivity index (χ1n) is 10.1. The first kappa shape index (κ1) is 20.4. The Morgan fingerprint density at radius 2 is 2.03 bits per heavy atom. The fourth-order valence-electron chi connectivity index (χ4n) is 3.63. The predicted molar refractivity (Wildman–Crippen MR) is 112 cm³/mol. The fourth-order valence-corrected chi connectivity index (χ4v) is 3.63. The summed E-state index contributed by atoms with van der Waals surface area (Å²) in [4.78, 5) is 17.3. The maximum atomic E-state index is 11.3. The van der Waals surface area contributed by atoms with E-state index < -0.39 is 6.09 Å². The van der Waals surface area contributed by atoms with Crippen molar-refractivity contribution in [1.82, 2.24) is 15.0 Å². The number of nitrogens with zero attached hydrogens (tertiary/aromatic N) is 4. The lowest BCUT2D eigenvalue weighted by Gasteiger charge is -2.16. The van der Waals surface area contributed by atoms with Gasteiger partial charge in [0.1, 0.15) is 11.8 Å². The topological polar surface area (TPSA) is 112 Å². The first-order chi connectivity index (χ1) is 14.9. The lowest BCUT2D eigenvalue weighted by molar-refractivity contribution is 0.143. The van der Waals surface area contributed by atoms with Crippen molar-refractivity contribution >= 4 is 6.09 Å². The second-order valence-electron chi connectivity index (χ2n) is 7.70. The molecule has 2 heterocycles. The van der Waals surface area contributed by atoms with Gasteiger partial charge >= 0.3 is 6.09 Å². The van der Waals surface area contributed by atoms with Gasteiger partial charge in [-0.25, -0.2) is 4.79 Å². The van der Waals surface area contributed by atoms with E-state index in [1.807, 2.05) is 32.0 Å². The molecule has 0 bridgehead atoms. The number of hydrogen-bond acceptors (Lipinski definition) is 6. The molecular weight excluding hydrogens is 396 g/mol. The zero-order valence-electron chi connectivity index (χ0n) is 17.3. The van der Waals surface area contributed by atoms with Crippen LogP contribution in [0.15, 0.2) is 40.9 Å². The molecule has 0 unspecified atom stereocenters. The van der Waals surface area contributed by atoms with E-state index in [2.05, 4.69) is 16.2 Å². The monoisotopic (exact) mass is 418 g/mol. The van der Waals surface area contributed by atoms with Gasteiger partial charge in [-0.3, -0.25) is 0 Å². The van der Waals surface area contributed by atoms with Crippen molar-refractivity contribution < 1.29 is 19.2 Å². The van der Waals surface area contributed by atoms with Gasteiger partial charge < -0.3 is 19.3 Å². The second-order valence-corrected chi connectivity index (χ2v) is 7.70. The second kappa shape index (κ2) is 8.48. The highest BCUT2D eigenvalue weighted by Crippen LogP contribution is 2.29. The van der Waals surface area contributed by atoms with Crippen molar-refractivity contribution in [3.63, 3.8) is 0 Å². The van der Waals surface area contributed by atoms with E-state index in [0.29, 0.717) is 41.7 Å². The Kier molecular flexibility index (Phi) is 5.58. The van der Waals surface area contributed by atoms with Crippen LogP contribution in [0.25, 0.3) is 22.8 Å². The number of fused-ring (bicyclic) bond motifs is 1. The van der Waals surface area contributed by atoms with E-state index in [4.69, 9.17) is 9.26 Å². The molecule has 4 rings (SSSR count). The molecule has 0 saturated carbocycles. The number of hydrogen-bond donors (Lipinski definition) is 1. The third-order valence-electron chi connectivity index (χ3n) is 5.11. The number of carbonyl (C=O) groups is 1. The molecule has 0 fully saturated rings. The van der Waals surface area contributed by atoms with Crippen LogP contribution in [-0.4, -0.2) is 38.9 Å². The van der Waals surface area contributed by atoms with Gasteiger partial charge in [0.2, 0.25) is 5.82 Å². The summed E-state index contributed by atoms with van der Waals surface area (Å²) in [5.41, 5.74) is 3.93. The van der Waals surface area contributed by atoms with E-state index in [-0.39, 0.29) is 6.10 Å². The number of benzene rings is 2. The van der Waals surface area contributed by atoms with E-state index in [1.54, 1.807) is 18.2 Å². The van der Waals surface area contributed by atoms with Crippen molar-refractivity contribution in [3.05, 3.63) is 53.1 Å². The van der Waals surface area contributed by atoms with Crippen LogP contribution < -0.4 is 4.74 Å². The van der Waals surface area contributed by atoms with Gasteiger partial charge in [0.05, 0.1) is 11.7 Å². The Morgan fingerprint density at radius 3 is 2.77 bits per heavy atom. The molecule has 8 nitrogen and oxygen atoms in total. The quantitative estimate of drug-likeness (QED) is 0.664. The number of aromatic nitrogens is 2. The molecular formula is C23H22N4O4. The van der Waals surface area contributed by atoms with Gasteiger partial charge in [-0.1, -0.05) is 17.3 Å². The average molecular weight is 418 g/mol. The number of aryl methyl sites for hydroxylation is 1. The van der Waals surface area contributed by atoms with E-state index in [0.717, 1.165) is 29.5 Å². The van der Waals surface area contributed by atoms with Gasteiger partial charge in [0.25, 0.3) is 5.89 Å². The molecule has 1 amide bonds. The SMILES string of the molecule is CC(C)Oc1ccc(-c2nc(-c3ccc4c(c3)CCCN(C(=O)O)C4)no2)cc1C#N. The van der Waals surface area contributed by atoms with Gasteiger partial charge in [-0.05, 0) is 62.1 Å². The van der Waals surface area contributed by atoms with Crippen LogP contribution in [0, 0.1) is 11.3 Å². The first-order valence-corrected chi connectivity index (χ1v) is 10.1. The minimum Gasteiger partial charge on any atom is -0.490 e. The number of nitriles is 1. The number of amides is 1. The molecule has 0 radical (unpaired) electrons. The van der Waals surface area contributed by atoms with Crippen LogP contribution in [0.3, 0.4) is 0 Å². The Labute approximate surface area is 179 Å². The molecule has 1 aliphatic heterocycles. The summed E-state index contributed by atoms with van der Waals surface area (Å²) < 4.78 is 11.1. The summed E-state index contributed by atoms with van der Waals surface area (Å²) in [6.45, 7) is 4.70. The van der Waals surface area contributed by atoms with Gasteiger partial charge in [-0.2, -0.15) is 10.2 Å². The third-order valence-corrected chi connectivity index (χ3v) is 5.11. The summed E-state index contributed by atoms with van der Waals surface area (Å²) in [5, 5.41) is 22.8. The van der Waals surface area contributed by atoms with Crippen LogP contribution in [0.5, 0.6) is 5.75 Å². The van der Waals surface area contributed by atoms with Gasteiger partial charge in [0.15, 0.2) is 0 Å². The highest BCUT2D eigenvalue weighted by Gasteiger charge is 2.20. The lowest BCUT2D eigenvalue weighted by Crippen LogP contribution is -2.28. The summed E-state index contributed by atoms with van der Waals surface area (Å²) in [7, 11) is 0. The molecule has 3 aromatic rings. The smallest absolute Gasteiger partial charge is 0.407 e. The Bertz CT molecular complexity index is 1160. The van der Waals surface area contributed by atoms with Crippen LogP contribution >= 0.6 is 0 Å². The largest absolute Gasteiger partial charge is 0.490 e. The molecule has 0 atom stereocenters. The Balaban J connectivity index is 1.60. The highest BCUT2D eigenvalue weighted by atomic mass is 16.5. The summed E-state index contributed by atoms with van der Waals surface area (Å²) in [6, 6.07) is 13.1. The molecule has 1 aromatic heterocycles. The van der Waals surface area contributed by atoms with Crippen LogP contribution in [-0.2, 0) is 13.0 Å². The van der Waals surface area contributed by atoms with Crippen molar-refractivity contribution in [2.24, 2.45) is 0 Å². The average Bonchev–Trinajstić information content (AvgIpc) is 3.13. The van der Waals surface area contributed by atoms with Crippen LogP contribution in [0.2, 0.25) is 0 Å². The maximum absolute atomic E-state index is 11.3. The van der Waals surface area contributed by atoms with Crippen LogP contribution in [0.4, 0.5) is 4.79 Å². The summed E-state index contributed by atoms with van der Waals surface area (Å²) >= 11 is 0. The molecule has 0 aliphatic carbocycles. The van der Waals surface area contributed by atoms with E-state index >= 15 is 0 Å². The molecule has 1 N–H and O–H groups in total. The zero-order valence-corrected chi connectivity index (χ0v) is 17.3. The Morgan fingerprint density at radius 1 is 1.23 bits per heavy atom. The normalized spacial score (nSPS) is 13.4. The standard InChI is InChI=1S/C23H22N4O4/c1-14(2)30-20-8-7-17(11-19(20)12-24)22-25-21(26-31-22)16-5-6-18-13-27(23(28)29)9-3-4-15(18)10-16/h5-8,10-11,14H,3-4,9,13H2,1-2H3,(H,28,29). The van der Waals surface area contributed by atoms with E-state index in [9.17, 15) is 15.2 Å². The lowest BCUT2D eigenvalue weighted by atomic mass is 10.0. The molecule has 8 heteroatoms. The van der Waals surface area contributed by atoms with Crippen molar-refractivity contribution in [3.8, 4) is 34.7 Å². The molecule has 2 aromatic carbocycles. The third kappa shape index (κ3) is 4.36. The molecule has 0 saturated heterocycles. The Hall–Kier alpha value is -3.86. The maximum Gasteiger partial charge on any atom is 0.407 e. The number of carboxylic acid groups (broad SMARTS) is 1. The predicted octanol–water partition coefficient (Wildman–Crippen LogP) is 4.49. The van der Waals surface area contributed by atoms with E-state index in [1.165, 1.54) is 4.90 Å².